The second-order valence-electron chi connectivity index (χ2n) is 5.62. The topological polar surface area (TPSA) is 68.2 Å². The molecule has 0 unspecified atom stereocenters. The van der Waals surface area contributed by atoms with Crippen LogP contribution in [0.1, 0.15) is 31.1 Å². The monoisotopic (exact) mass is 328 g/mol. The molecule has 0 amide bonds. The van der Waals surface area contributed by atoms with Gasteiger partial charge in [0.1, 0.15) is 6.10 Å². The SMILES string of the molecule is C/C=C/c1ccc2c(c1)O[C@@H](c1ccc(O)c(O)c1OC)[C@@H](C)O2. The summed E-state index contributed by atoms with van der Waals surface area (Å²) in [6, 6.07) is 8.82. The molecular weight excluding hydrogens is 308 g/mol. The van der Waals surface area contributed by atoms with Gasteiger partial charge in [-0.2, -0.15) is 0 Å². The first-order valence-electron chi connectivity index (χ1n) is 7.74. The average Bonchev–Trinajstić information content (AvgIpc) is 2.57. The Morgan fingerprint density at radius 1 is 1.08 bits per heavy atom. The van der Waals surface area contributed by atoms with Gasteiger partial charge in [0.15, 0.2) is 29.1 Å². The molecule has 1 aliphatic rings. The maximum atomic E-state index is 10.0. The molecule has 0 spiro atoms. The highest BCUT2D eigenvalue weighted by molar-refractivity contribution is 5.58. The molecule has 24 heavy (non-hydrogen) atoms. The Kier molecular flexibility index (Phi) is 4.25. The van der Waals surface area contributed by atoms with Crippen molar-refractivity contribution in [3.05, 3.63) is 47.5 Å². The van der Waals surface area contributed by atoms with Crippen LogP contribution in [-0.2, 0) is 0 Å². The number of ether oxygens (including phenoxy) is 3. The van der Waals surface area contributed by atoms with Gasteiger partial charge in [-0.3, -0.25) is 0 Å². The van der Waals surface area contributed by atoms with E-state index in [9.17, 15) is 10.2 Å². The number of aromatic hydroxyl groups is 2. The number of phenolic OH excluding ortho intramolecular Hbond substituents is 2. The van der Waals surface area contributed by atoms with E-state index in [0.717, 1.165) is 5.56 Å². The zero-order chi connectivity index (χ0) is 17.3. The van der Waals surface area contributed by atoms with Crippen molar-refractivity contribution >= 4 is 6.08 Å². The molecule has 1 heterocycles. The third-order valence-corrected chi connectivity index (χ3v) is 3.97. The first kappa shape index (κ1) is 16.1. The molecule has 0 aromatic heterocycles. The molecule has 1 aliphatic heterocycles. The number of rotatable bonds is 3. The number of hydrogen-bond acceptors (Lipinski definition) is 5. The van der Waals surface area contributed by atoms with Crippen LogP contribution in [0.3, 0.4) is 0 Å². The molecule has 5 heteroatoms. The van der Waals surface area contributed by atoms with Crippen molar-refractivity contribution in [2.45, 2.75) is 26.1 Å². The average molecular weight is 328 g/mol. The number of phenols is 2. The van der Waals surface area contributed by atoms with Crippen LogP contribution in [0.4, 0.5) is 0 Å². The molecule has 3 rings (SSSR count). The molecule has 126 valence electrons. The number of allylic oxidation sites excluding steroid dienone is 1. The summed E-state index contributed by atoms with van der Waals surface area (Å²) in [5.74, 6) is 0.941. The van der Waals surface area contributed by atoms with Crippen LogP contribution in [0.15, 0.2) is 36.4 Å². The predicted octanol–water partition coefficient (Wildman–Crippen LogP) is 4.04. The van der Waals surface area contributed by atoms with E-state index < -0.39 is 6.10 Å². The van der Waals surface area contributed by atoms with E-state index in [0.29, 0.717) is 17.1 Å². The Morgan fingerprint density at radius 2 is 1.88 bits per heavy atom. The van der Waals surface area contributed by atoms with Crippen molar-refractivity contribution in [2.75, 3.05) is 7.11 Å². The molecule has 0 fully saturated rings. The van der Waals surface area contributed by atoms with Gasteiger partial charge in [-0.05, 0) is 43.7 Å². The van der Waals surface area contributed by atoms with Crippen LogP contribution >= 0.6 is 0 Å². The summed E-state index contributed by atoms with van der Waals surface area (Å²) >= 11 is 0. The highest BCUT2D eigenvalue weighted by Crippen LogP contribution is 2.46. The van der Waals surface area contributed by atoms with Crippen LogP contribution in [-0.4, -0.2) is 23.4 Å². The maximum absolute atomic E-state index is 10.0. The van der Waals surface area contributed by atoms with E-state index in [4.69, 9.17) is 14.2 Å². The van der Waals surface area contributed by atoms with E-state index in [1.807, 2.05) is 44.2 Å². The smallest absolute Gasteiger partial charge is 0.200 e. The number of benzene rings is 2. The van der Waals surface area contributed by atoms with Crippen molar-refractivity contribution in [3.8, 4) is 28.7 Å². The van der Waals surface area contributed by atoms with E-state index in [1.54, 1.807) is 6.07 Å². The zero-order valence-electron chi connectivity index (χ0n) is 13.8. The lowest BCUT2D eigenvalue weighted by molar-refractivity contribution is 0.0290. The number of methoxy groups -OCH3 is 1. The van der Waals surface area contributed by atoms with Gasteiger partial charge in [0.05, 0.1) is 7.11 Å². The van der Waals surface area contributed by atoms with Gasteiger partial charge in [-0.1, -0.05) is 18.2 Å². The van der Waals surface area contributed by atoms with Gasteiger partial charge in [-0.15, -0.1) is 0 Å². The Labute approximate surface area is 140 Å². The second kappa shape index (κ2) is 6.35. The molecule has 0 saturated carbocycles. The normalized spacial score (nSPS) is 19.5. The standard InChI is InChI=1S/C19H20O5/c1-4-5-12-6-9-15-16(10-12)24-18(11(2)23-15)13-7-8-14(20)17(21)19(13)22-3/h4-11,18,20-21H,1-3H3/b5-4+/t11-,18-/m1/s1. The Balaban J connectivity index is 2.02. The first-order chi connectivity index (χ1) is 11.5. The fourth-order valence-corrected chi connectivity index (χ4v) is 2.84. The fourth-order valence-electron chi connectivity index (χ4n) is 2.84. The first-order valence-corrected chi connectivity index (χ1v) is 7.74. The van der Waals surface area contributed by atoms with Crippen LogP contribution in [0, 0.1) is 0 Å². The van der Waals surface area contributed by atoms with Crippen LogP contribution in [0.25, 0.3) is 6.08 Å². The van der Waals surface area contributed by atoms with Gasteiger partial charge in [-0.25, -0.2) is 0 Å². The number of hydrogen-bond donors (Lipinski definition) is 2. The molecule has 5 nitrogen and oxygen atoms in total. The van der Waals surface area contributed by atoms with Gasteiger partial charge in [0.25, 0.3) is 0 Å². The summed E-state index contributed by atoms with van der Waals surface area (Å²) in [5.41, 5.74) is 1.62. The molecule has 0 aliphatic carbocycles. The Hall–Kier alpha value is -2.82. The summed E-state index contributed by atoms with van der Waals surface area (Å²) in [5, 5.41) is 19.7. The van der Waals surface area contributed by atoms with Crippen LogP contribution in [0.2, 0.25) is 0 Å². The van der Waals surface area contributed by atoms with Gasteiger partial charge >= 0.3 is 0 Å². The maximum Gasteiger partial charge on any atom is 0.200 e. The van der Waals surface area contributed by atoms with Gasteiger partial charge in [0, 0.05) is 5.56 Å². The van der Waals surface area contributed by atoms with Crippen molar-refractivity contribution in [3.63, 3.8) is 0 Å². The minimum Gasteiger partial charge on any atom is -0.504 e. The lowest BCUT2D eigenvalue weighted by atomic mass is 10.0. The van der Waals surface area contributed by atoms with Crippen molar-refractivity contribution in [1.29, 1.82) is 0 Å². The molecule has 0 saturated heterocycles. The van der Waals surface area contributed by atoms with Gasteiger partial charge < -0.3 is 24.4 Å². The van der Waals surface area contributed by atoms with Gasteiger partial charge in [0.2, 0.25) is 5.75 Å². The van der Waals surface area contributed by atoms with Crippen LogP contribution in [0.5, 0.6) is 28.7 Å². The minimum atomic E-state index is -0.472. The van der Waals surface area contributed by atoms with E-state index in [2.05, 4.69) is 0 Å². The number of fused-ring (bicyclic) bond motifs is 1. The Morgan fingerprint density at radius 3 is 2.58 bits per heavy atom. The van der Waals surface area contributed by atoms with E-state index in [-0.39, 0.29) is 23.4 Å². The summed E-state index contributed by atoms with van der Waals surface area (Å²) in [6.45, 7) is 3.84. The van der Waals surface area contributed by atoms with Crippen LogP contribution < -0.4 is 14.2 Å². The molecule has 2 aromatic carbocycles. The lowest BCUT2D eigenvalue weighted by Crippen LogP contribution is -2.30. The second-order valence-corrected chi connectivity index (χ2v) is 5.62. The van der Waals surface area contributed by atoms with E-state index >= 15 is 0 Å². The van der Waals surface area contributed by atoms with Crippen molar-refractivity contribution in [1.82, 2.24) is 0 Å². The summed E-state index contributed by atoms with van der Waals surface area (Å²) < 4.78 is 17.3. The van der Waals surface area contributed by atoms with E-state index in [1.165, 1.54) is 13.2 Å². The molecule has 2 atom stereocenters. The fraction of sp³-hybridized carbons (Fsp3) is 0.263. The summed E-state index contributed by atoms with van der Waals surface area (Å²) in [7, 11) is 1.43. The zero-order valence-corrected chi connectivity index (χ0v) is 13.8. The van der Waals surface area contributed by atoms with Crippen molar-refractivity contribution in [2.24, 2.45) is 0 Å². The third-order valence-electron chi connectivity index (χ3n) is 3.97. The minimum absolute atomic E-state index is 0.184. The molecule has 0 bridgehead atoms. The summed E-state index contributed by atoms with van der Waals surface area (Å²) in [6.07, 6.45) is 3.17. The molecular formula is C19H20O5. The lowest BCUT2D eigenvalue weighted by Gasteiger charge is -2.33. The summed E-state index contributed by atoms with van der Waals surface area (Å²) in [4.78, 5) is 0. The molecule has 0 radical (unpaired) electrons. The molecule has 2 aromatic rings. The third kappa shape index (κ3) is 2.73. The van der Waals surface area contributed by atoms with Crippen molar-refractivity contribution < 1.29 is 24.4 Å². The Bertz CT molecular complexity index is 782. The quantitative estimate of drug-likeness (QED) is 0.832. The molecule has 2 N–H and O–H groups in total. The predicted molar refractivity (Wildman–Crippen MR) is 90.9 cm³/mol. The highest BCUT2D eigenvalue weighted by atomic mass is 16.6. The highest BCUT2D eigenvalue weighted by Gasteiger charge is 2.33. The largest absolute Gasteiger partial charge is 0.504 e.